The van der Waals surface area contributed by atoms with Gasteiger partial charge < -0.3 is 0 Å². The second-order valence-electron chi connectivity index (χ2n) is 2.91. The van der Waals surface area contributed by atoms with E-state index in [0.717, 1.165) is 12.3 Å². The molecule has 1 aromatic carbocycles. The largest absolute Gasteiger partial charge is 0.224 e. The number of aryl methyl sites for hydroxylation is 1. The molecule has 1 rings (SSSR count). The number of sulfone groups is 1. The first-order chi connectivity index (χ1) is 5.82. The highest BCUT2D eigenvalue weighted by molar-refractivity contribution is 7.90. The van der Waals surface area contributed by atoms with Crippen LogP contribution < -0.4 is 0 Å². The Kier molecular flexibility index (Phi) is 2.43. The predicted molar refractivity (Wildman–Crippen MR) is 47.6 cm³/mol. The van der Waals surface area contributed by atoms with Gasteiger partial charge in [-0.3, -0.25) is 0 Å². The molecule has 0 saturated heterocycles. The van der Waals surface area contributed by atoms with Gasteiger partial charge in [0.1, 0.15) is 10.7 Å². The Hall–Kier alpha value is -0.900. The zero-order valence-corrected chi connectivity index (χ0v) is 8.15. The van der Waals surface area contributed by atoms with E-state index in [2.05, 4.69) is 0 Å². The van der Waals surface area contributed by atoms with Crippen molar-refractivity contribution in [3.63, 3.8) is 0 Å². The van der Waals surface area contributed by atoms with Gasteiger partial charge >= 0.3 is 0 Å². The third-order valence-corrected chi connectivity index (χ3v) is 2.83. The lowest BCUT2D eigenvalue weighted by molar-refractivity contribution is 0.570. The van der Waals surface area contributed by atoms with E-state index >= 15 is 0 Å². The molecular weight excluding hydrogens is 191 g/mol. The molecule has 70 valence electrons. The van der Waals surface area contributed by atoms with E-state index in [0.29, 0.717) is 5.56 Å². The fraction of sp³-hybridized carbons (Fsp3) is 0.222. The molecule has 0 spiro atoms. The fourth-order valence-electron chi connectivity index (χ4n) is 0.955. The van der Waals surface area contributed by atoms with Gasteiger partial charge in [-0.05, 0) is 37.1 Å². The van der Waals surface area contributed by atoms with Gasteiger partial charge in [0.05, 0.1) is 0 Å². The van der Waals surface area contributed by atoms with Crippen molar-refractivity contribution in [1.82, 2.24) is 0 Å². The van der Waals surface area contributed by atoms with Gasteiger partial charge in [-0.2, -0.15) is 0 Å². The summed E-state index contributed by atoms with van der Waals surface area (Å²) in [5.74, 6) is -0.800. The van der Waals surface area contributed by atoms with Crippen LogP contribution in [0.4, 0.5) is 4.39 Å². The Morgan fingerprint density at radius 2 is 1.92 bits per heavy atom. The lowest BCUT2D eigenvalue weighted by Gasteiger charge is -2.04. The maximum atomic E-state index is 13.1. The second-order valence-corrected chi connectivity index (χ2v) is 4.90. The number of benzene rings is 1. The van der Waals surface area contributed by atoms with Crippen LogP contribution in [-0.2, 0) is 9.84 Å². The van der Waals surface area contributed by atoms with Crippen LogP contribution in [0, 0.1) is 19.7 Å². The lowest BCUT2D eigenvalue weighted by Crippen LogP contribution is -2.02. The van der Waals surface area contributed by atoms with Gasteiger partial charge in [-0.25, -0.2) is 12.8 Å². The molecule has 2 nitrogen and oxygen atoms in total. The highest BCUT2D eigenvalue weighted by Crippen LogP contribution is 2.18. The van der Waals surface area contributed by atoms with Crippen LogP contribution in [0.2, 0.25) is 0 Å². The van der Waals surface area contributed by atoms with Crippen LogP contribution in [-0.4, -0.2) is 14.7 Å². The molecule has 0 aromatic heterocycles. The number of hydrogen-bond donors (Lipinski definition) is 0. The molecule has 0 aliphatic heterocycles. The number of halogens is 1. The Balaban J connectivity index is 3.50. The molecule has 0 aliphatic rings. The van der Waals surface area contributed by atoms with Crippen molar-refractivity contribution in [2.24, 2.45) is 0 Å². The molecular formula is C9H9FO2S. The van der Waals surface area contributed by atoms with Crippen LogP contribution in [0.25, 0.3) is 0 Å². The first kappa shape index (κ1) is 10.2. The molecule has 0 unspecified atom stereocenters. The van der Waals surface area contributed by atoms with Crippen LogP contribution >= 0.6 is 0 Å². The van der Waals surface area contributed by atoms with Crippen molar-refractivity contribution >= 4 is 9.84 Å². The average Bonchev–Trinajstić information content (AvgIpc) is 1.94. The van der Waals surface area contributed by atoms with E-state index in [1.165, 1.54) is 6.07 Å². The standard InChI is InChI=1S/C9H9FO2S/c1-6-4-8(10)9(5-7(6)2)13(3,11)12/h1,4-5H,2-3H3. The Labute approximate surface area is 77.3 Å². The van der Waals surface area contributed by atoms with Gasteiger partial charge in [-0.15, -0.1) is 0 Å². The van der Waals surface area contributed by atoms with Gasteiger partial charge in [0.25, 0.3) is 0 Å². The first-order valence-electron chi connectivity index (χ1n) is 3.58. The summed E-state index contributed by atoms with van der Waals surface area (Å²) in [6, 6.07) is 2.26. The molecule has 0 fully saturated rings. The molecule has 0 bridgehead atoms. The summed E-state index contributed by atoms with van der Waals surface area (Å²) >= 11 is 0. The average molecular weight is 200 g/mol. The summed E-state index contributed by atoms with van der Waals surface area (Å²) in [6.45, 7) is 7.03. The van der Waals surface area contributed by atoms with Crippen molar-refractivity contribution in [2.45, 2.75) is 11.8 Å². The SMILES string of the molecule is [CH]c1cc(F)c(S(C)(=O)=O)cc1C. The summed E-state index contributed by atoms with van der Waals surface area (Å²) in [6.07, 6.45) is 0.959. The Morgan fingerprint density at radius 1 is 1.38 bits per heavy atom. The van der Waals surface area contributed by atoms with E-state index in [-0.39, 0.29) is 10.5 Å². The predicted octanol–water partition coefficient (Wildman–Crippen LogP) is 1.60. The summed E-state index contributed by atoms with van der Waals surface area (Å²) in [5.41, 5.74) is 0.812. The molecule has 0 amide bonds. The zero-order chi connectivity index (χ0) is 10.2. The van der Waals surface area contributed by atoms with Crippen molar-refractivity contribution in [1.29, 1.82) is 0 Å². The molecule has 2 radical (unpaired) electrons. The minimum Gasteiger partial charge on any atom is -0.224 e. The minimum atomic E-state index is -3.50. The molecule has 0 N–H and O–H groups in total. The van der Waals surface area contributed by atoms with Gasteiger partial charge in [0.2, 0.25) is 0 Å². The van der Waals surface area contributed by atoms with Crippen molar-refractivity contribution in [2.75, 3.05) is 6.26 Å². The lowest BCUT2D eigenvalue weighted by atomic mass is 10.1. The topological polar surface area (TPSA) is 34.1 Å². The fourth-order valence-corrected chi connectivity index (χ4v) is 1.76. The van der Waals surface area contributed by atoms with Crippen LogP contribution in [0.1, 0.15) is 11.1 Å². The summed E-state index contributed by atoms with van der Waals surface area (Å²) in [5, 5.41) is 0. The maximum absolute atomic E-state index is 13.1. The zero-order valence-electron chi connectivity index (χ0n) is 7.33. The molecule has 0 atom stereocenters. The number of rotatable bonds is 1. The quantitative estimate of drug-likeness (QED) is 0.690. The van der Waals surface area contributed by atoms with Gasteiger partial charge in [0.15, 0.2) is 9.84 Å². The monoisotopic (exact) mass is 200 g/mol. The first-order valence-corrected chi connectivity index (χ1v) is 5.47. The van der Waals surface area contributed by atoms with E-state index in [1.807, 2.05) is 0 Å². The molecule has 0 saturated carbocycles. The molecule has 0 heterocycles. The summed E-state index contributed by atoms with van der Waals surface area (Å²) in [4.78, 5) is -0.306. The Morgan fingerprint density at radius 3 is 2.38 bits per heavy atom. The van der Waals surface area contributed by atoms with E-state index in [9.17, 15) is 12.8 Å². The molecule has 4 heteroatoms. The van der Waals surface area contributed by atoms with Crippen molar-refractivity contribution in [3.05, 3.63) is 36.0 Å². The molecule has 13 heavy (non-hydrogen) atoms. The van der Waals surface area contributed by atoms with E-state index < -0.39 is 15.7 Å². The highest BCUT2D eigenvalue weighted by Gasteiger charge is 2.14. The van der Waals surface area contributed by atoms with Crippen molar-refractivity contribution in [3.8, 4) is 0 Å². The smallest absolute Gasteiger partial charge is 0.178 e. The normalized spacial score (nSPS) is 11.7. The van der Waals surface area contributed by atoms with Crippen LogP contribution in [0.3, 0.4) is 0 Å². The summed E-state index contributed by atoms with van der Waals surface area (Å²) in [7, 11) is -3.50. The third-order valence-electron chi connectivity index (χ3n) is 1.72. The van der Waals surface area contributed by atoms with Crippen LogP contribution in [0.15, 0.2) is 17.0 Å². The molecule has 1 aromatic rings. The molecule has 0 aliphatic carbocycles. The van der Waals surface area contributed by atoms with Gasteiger partial charge in [0, 0.05) is 6.26 Å². The minimum absolute atomic E-state index is 0.255. The number of hydrogen-bond acceptors (Lipinski definition) is 2. The highest BCUT2D eigenvalue weighted by atomic mass is 32.2. The third kappa shape index (κ3) is 2.06. The van der Waals surface area contributed by atoms with Crippen LogP contribution in [0.5, 0.6) is 0 Å². The maximum Gasteiger partial charge on any atom is 0.178 e. The summed E-state index contributed by atoms with van der Waals surface area (Å²) < 4.78 is 35.1. The van der Waals surface area contributed by atoms with Crippen molar-refractivity contribution < 1.29 is 12.8 Å². The van der Waals surface area contributed by atoms with E-state index in [4.69, 9.17) is 6.92 Å². The van der Waals surface area contributed by atoms with Gasteiger partial charge in [-0.1, -0.05) is 0 Å². The van der Waals surface area contributed by atoms with E-state index in [1.54, 1.807) is 6.92 Å². The second kappa shape index (κ2) is 3.10. The Bertz CT molecular complexity index is 435.